The average Bonchev–Trinajstić information content (AvgIpc) is 2.49. The number of benzene rings is 2. The maximum absolute atomic E-state index is 13.8. The fourth-order valence-electron chi connectivity index (χ4n) is 2.17. The minimum Gasteiger partial charge on any atom is -0.379 e. The second kappa shape index (κ2) is 5.88. The van der Waals surface area contributed by atoms with E-state index in [9.17, 15) is 4.39 Å². The summed E-state index contributed by atoms with van der Waals surface area (Å²) in [6.45, 7) is 0.277. The van der Waals surface area contributed by atoms with Gasteiger partial charge in [0.2, 0.25) is 0 Å². The molecule has 0 radical (unpaired) electrons. The van der Waals surface area contributed by atoms with E-state index in [1.165, 1.54) is 6.07 Å². The average molecular weight is 321 g/mol. The molecule has 0 amide bonds. The van der Waals surface area contributed by atoms with E-state index < -0.39 is 0 Å². The maximum atomic E-state index is 13.8. The van der Waals surface area contributed by atoms with Crippen molar-refractivity contribution in [3.63, 3.8) is 0 Å². The van der Waals surface area contributed by atoms with Crippen molar-refractivity contribution in [2.45, 2.75) is 6.54 Å². The second-order valence-electron chi connectivity index (χ2n) is 4.55. The quantitative estimate of drug-likeness (QED) is 0.709. The van der Waals surface area contributed by atoms with Crippen molar-refractivity contribution in [2.24, 2.45) is 0 Å². The Hall–Kier alpha value is -1.84. The Bertz CT molecular complexity index is 785. The molecule has 0 spiro atoms. The number of anilines is 1. The number of rotatable bonds is 3. The van der Waals surface area contributed by atoms with Crippen LogP contribution in [0.4, 0.5) is 10.1 Å². The van der Waals surface area contributed by atoms with E-state index >= 15 is 0 Å². The van der Waals surface area contributed by atoms with Crippen molar-refractivity contribution in [3.8, 4) is 0 Å². The van der Waals surface area contributed by atoms with Gasteiger partial charge in [-0.3, -0.25) is 4.98 Å². The second-order valence-corrected chi connectivity index (χ2v) is 5.36. The molecule has 0 atom stereocenters. The van der Waals surface area contributed by atoms with Gasteiger partial charge in [-0.2, -0.15) is 0 Å². The molecule has 0 aliphatic rings. The highest BCUT2D eigenvalue weighted by molar-refractivity contribution is 6.35. The molecule has 0 aliphatic carbocycles. The van der Waals surface area contributed by atoms with Crippen LogP contribution in [0.5, 0.6) is 0 Å². The van der Waals surface area contributed by atoms with Crippen LogP contribution >= 0.6 is 23.2 Å². The molecule has 0 saturated carbocycles. The van der Waals surface area contributed by atoms with E-state index in [0.717, 1.165) is 16.6 Å². The molecule has 1 N–H and O–H groups in total. The third-order valence-electron chi connectivity index (χ3n) is 3.23. The van der Waals surface area contributed by atoms with E-state index in [1.54, 1.807) is 24.4 Å². The van der Waals surface area contributed by atoms with E-state index in [4.69, 9.17) is 23.2 Å². The molecule has 3 rings (SSSR count). The minimum absolute atomic E-state index is 0.277. The number of halogens is 3. The Morgan fingerprint density at radius 3 is 2.67 bits per heavy atom. The van der Waals surface area contributed by atoms with Crippen LogP contribution in [0.3, 0.4) is 0 Å². The summed E-state index contributed by atoms with van der Waals surface area (Å²) in [5.74, 6) is -0.332. The van der Waals surface area contributed by atoms with Gasteiger partial charge in [-0.1, -0.05) is 29.3 Å². The molecule has 0 aliphatic heterocycles. The third-order valence-corrected chi connectivity index (χ3v) is 3.92. The zero-order valence-corrected chi connectivity index (χ0v) is 12.4. The number of pyridine rings is 1. The zero-order valence-electron chi connectivity index (χ0n) is 10.9. The fourth-order valence-corrected chi connectivity index (χ4v) is 2.61. The van der Waals surface area contributed by atoms with Crippen LogP contribution in [0.2, 0.25) is 10.0 Å². The van der Waals surface area contributed by atoms with Crippen molar-refractivity contribution in [1.82, 2.24) is 4.98 Å². The lowest BCUT2D eigenvalue weighted by Crippen LogP contribution is -2.03. The third kappa shape index (κ3) is 2.80. The topological polar surface area (TPSA) is 24.9 Å². The molecule has 2 nitrogen and oxygen atoms in total. The number of aromatic nitrogens is 1. The summed E-state index contributed by atoms with van der Waals surface area (Å²) >= 11 is 12.2. The van der Waals surface area contributed by atoms with Gasteiger partial charge in [0.05, 0.1) is 16.2 Å². The van der Waals surface area contributed by atoms with Crippen LogP contribution in [0.15, 0.2) is 48.7 Å². The Kier molecular flexibility index (Phi) is 3.95. The van der Waals surface area contributed by atoms with Gasteiger partial charge in [0.25, 0.3) is 0 Å². The fraction of sp³-hybridized carbons (Fsp3) is 0.0625. The molecule has 5 heteroatoms. The Morgan fingerprint density at radius 1 is 1.00 bits per heavy atom. The van der Waals surface area contributed by atoms with E-state index in [1.807, 2.05) is 18.2 Å². The SMILES string of the molecule is Fc1cccc(Cl)c1CNc1ccc(Cl)c2cccnc12. The largest absolute Gasteiger partial charge is 0.379 e. The predicted molar refractivity (Wildman–Crippen MR) is 85.5 cm³/mol. The summed E-state index contributed by atoms with van der Waals surface area (Å²) in [5.41, 5.74) is 1.96. The summed E-state index contributed by atoms with van der Waals surface area (Å²) in [6.07, 6.45) is 1.69. The van der Waals surface area contributed by atoms with Crippen molar-refractivity contribution < 1.29 is 4.39 Å². The number of hydrogen-bond acceptors (Lipinski definition) is 2. The van der Waals surface area contributed by atoms with Gasteiger partial charge in [-0.05, 0) is 36.4 Å². The molecule has 0 saturated heterocycles. The summed E-state index contributed by atoms with van der Waals surface area (Å²) in [6, 6.07) is 12.0. The van der Waals surface area contributed by atoms with Crippen molar-refractivity contribution in [2.75, 3.05) is 5.32 Å². The summed E-state index contributed by atoms with van der Waals surface area (Å²) in [5, 5.41) is 5.05. The highest BCUT2D eigenvalue weighted by Gasteiger charge is 2.09. The minimum atomic E-state index is -0.332. The maximum Gasteiger partial charge on any atom is 0.129 e. The van der Waals surface area contributed by atoms with Gasteiger partial charge >= 0.3 is 0 Å². The lowest BCUT2D eigenvalue weighted by Gasteiger charge is -2.11. The molecule has 2 aromatic carbocycles. The molecular formula is C16H11Cl2FN2. The van der Waals surface area contributed by atoms with E-state index in [2.05, 4.69) is 10.3 Å². The van der Waals surface area contributed by atoms with Crippen molar-refractivity contribution in [3.05, 3.63) is 70.1 Å². The van der Waals surface area contributed by atoms with Gasteiger partial charge < -0.3 is 5.32 Å². The first-order valence-electron chi connectivity index (χ1n) is 6.37. The molecule has 1 aromatic heterocycles. The van der Waals surface area contributed by atoms with Gasteiger partial charge in [-0.15, -0.1) is 0 Å². The summed E-state index contributed by atoms with van der Waals surface area (Å²) in [7, 11) is 0. The lowest BCUT2D eigenvalue weighted by atomic mass is 10.1. The first-order valence-corrected chi connectivity index (χ1v) is 7.12. The van der Waals surface area contributed by atoms with Gasteiger partial charge in [0.1, 0.15) is 5.82 Å². The summed E-state index contributed by atoms with van der Waals surface area (Å²) in [4.78, 5) is 4.33. The molecule has 0 bridgehead atoms. The lowest BCUT2D eigenvalue weighted by molar-refractivity contribution is 0.613. The smallest absolute Gasteiger partial charge is 0.129 e. The molecule has 0 fully saturated rings. The molecule has 21 heavy (non-hydrogen) atoms. The van der Waals surface area contributed by atoms with Crippen molar-refractivity contribution >= 4 is 39.8 Å². The monoisotopic (exact) mass is 320 g/mol. The Labute approximate surface area is 131 Å². The van der Waals surface area contributed by atoms with E-state index in [-0.39, 0.29) is 12.4 Å². The highest BCUT2D eigenvalue weighted by atomic mass is 35.5. The molecule has 0 unspecified atom stereocenters. The highest BCUT2D eigenvalue weighted by Crippen LogP contribution is 2.29. The van der Waals surface area contributed by atoms with Crippen LogP contribution in [0.25, 0.3) is 10.9 Å². The van der Waals surface area contributed by atoms with Gasteiger partial charge in [0, 0.05) is 28.7 Å². The first kappa shape index (κ1) is 14.1. The molecule has 1 heterocycles. The van der Waals surface area contributed by atoms with Crippen LogP contribution < -0.4 is 5.32 Å². The number of fused-ring (bicyclic) bond motifs is 1. The Morgan fingerprint density at radius 2 is 1.86 bits per heavy atom. The van der Waals surface area contributed by atoms with Gasteiger partial charge in [-0.25, -0.2) is 4.39 Å². The normalized spacial score (nSPS) is 10.8. The molecule has 3 aromatic rings. The number of nitrogens with zero attached hydrogens (tertiary/aromatic N) is 1. The number of nitrogens with one attached hydrogen (secondary N) is 1. The predicted octanol–water partition coefficient (Wildman–Crippen LogP) is 5.29. The van der Waals surface area contributed by atoms with Crippen LogP contribution in [-0.2, 0) is 6.54 Å². The molecular weight excluding hydrogens is 310 g/mol. The number of hydrogen-bond donors (Lipinski definition) is 1. The van der Waals surface area contributed by atoms with Gasteiger partial charge in [0.15, 0.2) is 0 Å². The molecule has 106 valence electrons. The summed E-state index contributed by atoms with van der Waals surface area (Å²) < 4.78 is 13.8. The standard InChI is InChI=1S/C16H11Cl2FN2/c17-12-4-1-5-14(19)11(12)9-21-15-7-6-13(18)10-3-2-8-20-16(10)15/h1-8,21H,9H2. The Balaban J connectivity index is 1.94. The van der Waals surface area contributed by atoms with Crippen LogP contribution in [0, 0.1) is 5.82 Å². The van der Waals surface area contributed by atoms with Crippen LogP contribution in [0.1, 0.15) is 5.56 Å². The van der Waals surface area contributed by atoms with Crippen molar-refractivity contribution in [1.29, 1.82) is 0 Å². The van der Waals surface area contributed by atoms with E-state index in [0.29, 0.717) is 15.6 Å². The van der Waals surface area contributed by atoms with Crippen LogP contribution in [-0.4, -0.2) is 4.98 Å². The first-order chi connectivity index (χ1) is 10.2. The zero-order chi connectivity index (χ0) is 14.8.